The molecule has 6 rings (SSSR count). The van der Waals surface area contributed by atoms with E-state index in [1.165, 1.54) is 22.9 Å². The second-order valence-corrected chi connectivity index (χ2v) is 12.3. The summed E-state index contributed by atoms with van der Waals surface area (Å²) in [4.78, 5) is 26.9. The van der Waals surface area contributed by atoms with E-state index >= 15 is 4.39 Å². The monoisotopic (exact) mass is 599 g/mol. The molecule has 3 N–H and O–H groups in total. The van der Waals surface area contributed by atoms with Crippen molar-refractivity contribution in [3.05, 3.63) is 77.5 Å². The van der Waals surface area contributed by atoms with E-state index in [1.807, 2.05) is 11.0 Å². The molecule has 3 atom stereocenters. The second kappa shape index (κ2) is 11.0. The number of nitrogens with one attached hydrogen (secondary N) is 1. The van der Waals surface area contributed by atoms with Gasteiger partial charge in [-0.15, -0.1) is 0 Å². The molecule has 2 aliphatic heterocycles. The molecular formula is C33H31F2N5O4. The van der Waals surface area contributed by atoms with Crippen LogP contribution in [0.4, 0.5) is 13.6 Å². The number of carbonyl (C=O) groups is 2. The lowest BCUT2D eigenvalue weighted by Crippen LogP contribution is -2.52. The van der Waals surface area contributed by atoms with Crippen molar-refractivity contribution in [2.75, 3.05) is 0 Å². The van der Waals surface area contributed by atoms with Gasteiger partial charge in [-0.2, -0.15) is 10.4 Å². The summed E-state index contributed by atoms with van der Waals surface area (Å²) in [5.41, 5.74) is 1.07. The number of nitrogens with zero attached hydrogens (tertiary/aromatic N) is 4. The average Bonchev–Trinajstić information content (AvgIpc) is 3.46. The summed E-state index contributed by atoms with van der Waals surface area (Å²) in [6.07, 6.45) is 3.08. The van der Waals surface area contributed by atoms with Gasteiger partial charge in [0.1, 0.15) is 17.7 Å². The van der Waals surface area contributed by atoms with Crippen LogP contribution in [0.2, 0.25) is 0 Å². The highest BCUT2D eigenvalue weighted by Gasteiger charge is 2.44. The lowest BCUT2D eigenvalue weighted by atomic mass is 9.90. The Balaban J connectivity index is 1.42. The zero-order chi connectivity index (χ0) is 31.3. The van der Waals surface area contributed by atoms with Gasteiger partial charge in [-0.3, -0.25) is 9.48 Å². The fourth-order valence-electron chi connectivity index (χ4n) is 6.67. The smallest absolute Gasteiger partial charge is 0.404 e. The van der Waals surface area contributed by atoms with Gasteiger partial charge < -0.3 is 20.4 Å². The summed E-state index contributed by atoms with van der Waals surface area (Å²) in [5.74, 6) is -1.52. The molecule has 1 aromatic heterocycles. The molecular weight excluding hydrogens is 568 g/mol. The van der Waals surface area contributed by atoms with Crippen molar-refractivity contribution in [1.82, 2.24) is 20.0 Å². The minimum Gasteiger partial charge on any atom is -0.465 e. The molecule has 3 aromatic carbocycles. The van der Waals surface area contributed by atoms with Crippen LogP contribution in [0.5, 0.6) is 0 Å². The van der Waals surface area contributed by atoms with Gasteiger partial charge in [-0.25, -0.2) is 13.6 Å². The number of halogens is 2. The zero-order valence-electron chi connectivity index (χ0n) is 24.2. The van der Waals surface area contributed by atoms with Crippen LogP contribution in [0.15, 0.2) is 54.7 Å². The van der Waals surface area contributed by atoms with Crippen LogP contribution in [-0.2, 0) is 6.54 Å². The highest BCUT2D eigenvalue weighted by molar-refractivity contribution is 5.99. The molecule has 9 nitrogen and oxygen atoms in total. The zero-order valence-corrected chi connectivity index (χ0v) is 24.2. The van der Waals surface area contributed by atoms with E-state index in [-0.39, 0.29) is 41.7 Å². The van der Waals surface area contributed by atoms with Crippen molar-refractivity contribution in [3.8, 4) is 28.3 Å². The van der Waals surface area contributed by atoms with E-state index < -0.39 is 23.3 Å². The molecule has 2 saturated heterocycles. The summed E-state index contributed by atoms with van der Waals surface area (Å²) in [6, 6.07) is 13.4. The minimum atomic E-state index is -1.08. The first kappa shape index (κ1) is 29.3. The molecule has 2 bridgehead atoms. The first-order valence-corrected chi connectivity index (χ1v) is 14.5. The maximum absolute atomic E-state index is 15.8. The quantitative estimate of drug-likeness (QED) is 0.261. The number of carboxylic acid groups (broad SMARTS) is 1. The van der Waals surface area contributed by atoms with Crippen molar-refractivity contribution >= 4 is 22.9 Å². The first-order valence-electron chi connectivity index (χ1n) is 14.5. The Morgan fingerprint density at radius 1 is 1.02 bits per heavy atom. The Bertz CT molecular complexity index is 1830. The van der Waals surface area contributed by atoms with Crippen molar-refractivity contribution < 1.29 is 28.6 Å². The number of carbonyl (C=O) groups excluding carboxylic acids is 1. The minimum absolute atomic E-state index is 0.117. The summed E-state index contributed by atoms with van der Waals surface area (Å²) >= 11 is 0. The maximum atomic E-state index is 15.8. The Kier molecular flexibility index (Phi) is 7.33. The summed E-state index contributed by atoms with van der Waals surface area (Å²) < 4.78 is 32.2. The third kappa shape index (κ3) is 5.49. The second-order valence-electron chi connectivity index (χ2n) is 12.3. The highest BCUT2D eigenvalue weighted by Crippen LogP contribution is 2.40. The molecule has 4 aromatic rings. The van der Waals surface area contributed by atoms with Gasteiger partial charge >= 0.3 is 6.09 Å². The van der Waals surface area contributed by atoms with Crippen molar-refractivity contribution in [1.29, 1.82) is 5.26 Å². The predicted molar refractivity (Wildman–Crippen MR) is 159 cm³/mol. The third-order valence-electron chi connectivity index (χ3n) is 8.52. The number of hydrogen-bond donors (Lipinski definition) is 3. The highest BCUT2D eigenvalue weighted by atomic mass is 19.1. The Morgan fingerprint density at radius 2 is 1.75 bits per heavy atom. The molecule has 3 heterocycles. The number of fused-ring (bicyclic) bond motifs is 3. The molecule has 11 heteroatoms. The van der Waals surface area contributed by atoms with Gasteiger partial charge in [-0.05, 0) is 86.6 Å². The Hall–Kier alpha value is -4.82. The number of amides is 2. The Labute approximate surface area is 252 Å². The molecule has 0 aliphatic carbocycles. The lowest BCUT2D eigenvalue weighted by Gasteiger charge is -2.39. The first-order chi connectivity index (χ1) is 20.9. The van der Waals surface area contributed by atoms with Gasteiger partial charge in [0.25, 0.3) is 5.91 Å². The van der Waals surface area contributed by atoms with E-state index in [0.717, 1.165) is 12.8 Å². The molecule has 2 fully saturated rings. The van der Waals surface area contributed by atoms with E-state index in [4.69, 9.17) is 5.11 Å². The molecule has 2 amide bonds. The molecule has 0 unspecified atom stereocenters. The van der Waals surface area contributed by atoms with Crippen LogP contribution in [0.3, 0.4) is 0 Å². The van der Waals surface area contributed by atoms with Gasteiger partial charge in [-0.1, -0.05) is 12.1 Å². The van der Waals surface area contributed by atoms with E-state index in [9.17, 15) is 24.3 Å². The van der Waals surface area contributed by atoms with Crippen LogP contribution >= 0.6 is 0 Å². The molecule has 0 radical (unpaired) electrons. The number of nitriles is 1. The molecule has 0 spiro atoms. The van der Waals surface area contributed by atoms with E-state index in [0.29, 0.717) is 46.0 Å². The molecule has 226 valence electrons. The van der Waals surface area contributed by atoms with Crippen LogP contribution in [0, 0.1) is 23.0 Å². The number of piperidine rings is 1. The fraction of sp³-hybridized carbons (Fsp3) is 0.333. The van der Waals surface area contributed by atoms with Crippen molar-refractivity contribution in [3.63, 3.8) is 0 Å². The van der Waals surface area contributed by atoms with Crippen LogP contribution < -0.4 is 5.32 Å². The van der Waals surface area contributed by atoms with Crippen LogP contribution in [0.25, 0.3) is 33.2 Å². The number of aliphatic hydroxyl groups is 1. The molecule has 44 heavy (non-hydrogen) atoms. The van der Waals surface area contributed by atoms with Gasteiger partial charge in [0.2, 0.25) is 0 Å². The molecule has 2 aliphatic rings. The number of aromatic nitrogens is 2. The van der Waals surface area contributed by atoms with Crippen molar-refractivity contribution in [2.45, 2.75) is 69.8 Å². The number of benzene rings is 3. The topological polar surface area (TPSA) is 131 Å². The summed E-state index contributed by atoms with van der Waals surface area (Å²) in [6.45, 7) is 3.43. The maximum Gasteiger partial charge on any atom is 0.404 e. The van der Waals surface area contributed by atoms with E-state index in [2.05, 4.69) is 10.4 Å². The predicted octanol–water partition coefficient (Wildman–Crippen LogP) is 5.69. The van der Waals surface area contributed by atoms with Gasteiger partial charge in [0.15, 0.2) is 0 Å². The molecule has 0 saturated carbocycles. The standard InChI is InChI=1S/C33H31F2N5O4/c1-33(2,44)17-39-30-14-29(35)27(10-21(30)16-37-39)25-8-5-19(9-26(25)18-3-4-20(15-36)28(34)11-18)31(41)40-23-6-7-24(40)13-22(12-23)38-32(42)43/h3-5,8-11,14,16,22-24,38,44H,6-7,12-13,17H2,1-2H3,(H,42,43)/t22-,23+,24-. The Morgan fingerprint density at radius 3 is 2.39 bits per heavy atom. The third-order valence-corrected chi connectivity index (χ3v) is 8.52. The normalized spacial score (nSPS) is 19.6. The summed E-state index contributed by atoms with van der Waals surface area (Å²) in [7, 11) is 0. The summed E-state index contributed by atoms with van der Waals surface area (Å²) in [5, 5.41) is 36.2. The van der Waals surface area contributed by atoms with Crippen LogP contribution in [0.1, 0.15) is 55.5 Å². The van der Waals surface area contributed by atoms with Gasteiger partial charge in [0, 0.05) is 40.7 Å². The number of hydrogen-bond acceptors (Lipinski definition) is 5. The number of rotatable bonds is 6. The largest absolute Gasteiger partial charge is 0.465 e. The van der Waals surface area contributed by atoms with Gasteiger partial charge in [0.05, 0.1) is 29.4 Å². The van der Waals surface area contributed by atoms with Crippen molar-refractivity contribution in [2.24, 2.45) is 0 Å². The fourth-order valence-corrected chi connectivity index (χ4v) is 6.67. The average molecular weight is 600 g/mol. The lowest BCUT2D eigenvalue weighted by molar-refractivity contribution is 0.0555. The van der Waals surface area contributed by atoms with Crippen LogP contribution in [-0.4, -0.2) is 60.6 Å². The SMILES string of the molecule is CC(C)(O)Cn1ncc2cc(-c3ccc(C(=O)N4[C@@H]5CC[C@H]4C[C@@H](NC(=O)O)C5)cc3-c3ccc(C#N)c(F)c3)c(F)cc21. The van der Waals surface area contributed by atoms with E-state index in [1.54, 1.807) is 50.4 Å².